The van der Waals surface area contributed by atoms with Gasteiger partial charge in [-0.15, -0.1) is 5.10 Å². The minimum atomic E-state index is -0.815. The second-order valence-electron chi connectivity index (χ2n) is 4.38. The summed E-state index contributed by atoms with van der Waals surface area (Å²) in [7, 11) is 0. The molecule has 0 aromatic carbocycles. The van der Waals surface area contributed by atoms with Crippen molar-refractivity contribution in [1.29, 1.82) is 0 Å². The highest BCUT2D eigenvalue weighted by molar-refractivity contribution is 5.71. The Morgan fingerprint density at radius 3 is 2.41 bits per heavy atom. The molecule has 6 nitrogen and oxygen atoms in total. The maximum atomic E-state index is 11.0. The third-order valence-electron chi connectivity index (χ3n) is 2.69. The standard InChI is InChI=1S/C11H18N4O2/c1-6(2)9(10(16)17)5-12-11-13-7(3)8(4)14-15-11/h6,9H,5H2,1-4H3,(H,16,17)(H,12,13,15). The fraction of sp³-hybridized carbons (Fsp3) is 0.636. The molecule has 0 amide bonds. The third kappa shape index (κ3) is 3.65. The van der Waals surface area contributed by atoms with E-state index in [4.69, 9.17) is 5.11 Å². The Balaban J connectivity index is 2.65. The zero-order valence-electron chi connectivity index (χ0n) is 10.6. The number of aliphatic carboxylic acids is 1. The lowest BCUT2D eigenvalue weighted by molar-refractivity contribution is -0.142. The Bertz CT molecular complexity index is 406. The van der Waals surface area contributed by atoms with E-state index in [0.29, 0.717) is 12.5 Å². The van der Waals surface area contributed by atoms with Crippen molar-refractivity contribution in [3.8, 4) is 0 Å². The molecule has 1 heterocycles. The molecule has 0 aliphatic rings. The Kier molecular flexibility index (Phi) is 4.37. The number of hydrogen-bond acceptors (Lipinski definition) is 5. The number of carboxylic acid groups (broad SMARTS) is 1. The Morgan fingerprint density at radius 2 is 1.94 bits per heavy atom. The van der Waals surface area contributed by atoms with E-state index in [1.807, 2.05) is 27.7 Å². The molecule has 1 aromatic rings. The van der Waals surface area contributed by atoms with Crippen LogP contribution in [0, 0.1) is 25.7 Å². The molecule has 0 spiro atoms. The normalized spacial score (nSPS) is 12.5. The largest absolute Gasteiger partial charge is 0.481 e. The summed E-state index contributed by atoms with van der Waals surface area (Å²) in [6.07, 6.45) is 0. The van der Waals surface area contributed by atoms with Gasteiger partial charge in [-0.1, -0.05) is 13.8 Å². The zero-order valence-corrected chi connectivity index (χ0v) is 10.6. The van der Waals surface area contributed by atoms with Gasteiger partial charge in [0.05, 0.1) is 17.3 Å². The summed E-state index contributed by atoms with van der Waals surface area (Å²) in [6.45, 7) is 7.72. The van der Waals surface area contributed by atoms with Crippen LogP contribution in [0.3, 0.4) is 0 Å². The monoisotopic (exact) mass is 238 g/mol. The van der Waals surface area contributed by atoms with E-state index in [1.54, 1.807) is 0 Å². The van der Waals surface area contributed by atoms with Crippen molar-refractivity contribution in [2.45, 2.75) is 27.7 Å². The Labute approximate surface area is 100 Å². The van der Waals surface area contributed by atoms with Crippen LogP contribution in [0.4, 0.5) is 5.95 Å². The van der Waals surface area contributed by atoms with Crippen molar-refractivity contribution in [3.05, 3.63) is 11.4 Å². The number of nitrogens with one attached hydrogen (secondary N) is 1. The molecule has 94 valence electrons. The van der Waals surface area contributed by atoms with Crippen LogP contribution in [0.15, 0.2) is 0 Å². The van der Waals surface area contributed by atoms with Crippen molar-refractivity contribution in [1.82, 2.24) is 15.2 Å². The van der Waals surface area contributed by atoms with E-state index in [2.05, 4.69) is 20.5 Å². The summed E-state index contributed by atoms with van der Waals surface area (Å²) in [6, 6.07) is 0. The lowest BCUT2D eigenvalue weighted by atomic mass is 9.96. The molecule has 0 saturated heterocycles. The predicted octanol–water partition coefficient (Wildman–Crippen LogP) is 1.26. The molecule has 0 aliphatic heterocycles. The molecule has 2 N–H and O–H groups in total. The lowest BCUT2D eigenvalue weighted by Crippen LogP contribution is -2.28. The van der Waals surface area contributed by atoms with Crippen molar-refractivity contribution in [2.24, 2.45) is 11.8 Å². The number of rotatable bonds is 5. The number of nitrogens with zero attached hydrogens (tertiary/aromatic N) is 3. The van der Waals surface area contributed by atoms with Crippen LogP contribution in [-0.2, 0) is 4.79 Å². The van der Waals surface area contributed by atoms with E-state index in [0.717, 1.165) is 11.4 Å². The highest BCUT2D eigenvalue weighted by atomic mass is 16.4. The highest BCUT2D eigenvalue weighted by Crippen LogP contribution is 2.12. The van der Waals surface area contributed by atoms with Crippen LogP contribution in [-0.4, -0.2) is 32.8 Å². The van der Waals surface area contributed by atoms with Gasteiger partial charge in [0.1, 0.15) is 0 Å². The van der Waals surface area contributed by atoms with Crippen molar-refractivity contribution in [3.63, 3.8) is 0 Å². The van der Waals surface area contributed by atoms with Crippen LogP contribution in [0.25, 0.3) is 0 Å². The number of carboxylic acids is 1. The molecular formula is C11H18N4O2. The molecular weight excluding hydrogens is 220 g/mol. The molecule has 6 heteroatoms. The predicted molar refractivity (Wildman–Crippen MR) is 63.8 cm³/mol. The van der Waals surface area contributed by atoms with Gasteiger partial charge in [0.15, 0.2) is 0 Å². The number of hydrogen-bond donors (Lipinski definition) is 2. The van der Waals surface area contributed by atoms with Gasteiger partial charge in [-0.3, -0.25) is 4.79 Å². The summed E-state index contributed by atoms with van der Waals surface area (Å²) >= 11 is 0. The number of anilines is 1. The van der Waals surface area contributed by atoms with Crippen LogP contribution in [0.1, 0.15) is 25.2 Å². The first-order chi connectivity index (χ1) is 7.91. The van der Waals surface area contributed by atoms with Gasteiger partial charge in [0, 0.05) is 6.54 Å². The van der Waals surface area contributed by atoms with Crippen LogP contribution < -0.4 is 5.32 Å². The second-order valence-corrected chi connectivity index (χ2v) is 4.38. The van der Waals surface area contributed by atoms with Crippen LogP contribution >= 0.6 is 0 Å². The molecule has 0 aliphatic carbocycles. The molecule has 0 saturated carbocycles. The minimum absolute atomic E-state index is 0.0551. The summed E-state index contributed by atoms with van der Waals surface area (Å²) in [5.74, 6) is -0.844. The Hall–Kier alpha value is -1.72. The molecule has 0 fully saturated rings. The number of aromatic nitrogens is 3. The van der Waals surface area contributed by atoms with E-state index in [9.17, 15) is 4.79 Å². The molecule has 1 unspecified atom stereocenters. The van der Waals surface area contributed by atoms with Crippen molar-refractivity contribution in [2.75, 3.05) is 11.9 Å². The van der Waals surface area contributed by atoms with Gasteiger partial charge < -0.3 is 10.4 Å². The van der Waals surface area contributed by atoms with Gasteiger partial charge in [0.25, 0.3) is 0 Å². The van der Waals surface area contributed by atoms with Crippen LogP contribution in [0.2, 0.25) is 0 Å². The van der Waals surface area contributed by atoms with Gasteiger partial charge in [-0.05, 0) is 19.8 Å². The molecule has 0 radical (unpaired) electrons. The van der Waals surface area contributed by atoms with E-state index >= 15 is 0 Å². The molecule has 1 atom stereocenters. The van der Waals surface area contributed by atoms with E-state index in [1.165, 1.54) is 0 Å². The number of carbonyl (C=O) groups is 1. The first-order valence-corrected chi connectivity index (χ1v) is 5.56. The van der Waals surface area contributed by atoms with E-state index < -0.39 is 11.9 Å². The van der Waals surface area contributed by atoms with Gasteiger partial charge in [0.2, 0.25) is 5.95 Å². The fourth-order valence-corrected chi connectivity index (χ4v) is 1.34. The lowest BCUT2D eigenvalue weighted by Gasteiger charge is -2.16. The molecule has 0 bridgehead atoms. The summed E-state index contributed by atoms with van der Waals surface area (Å²) in [5.41, 5.74) is 1.56. The maximum absolute atomic E-state index is 11.0. The third-order valence-corrected chi connectivity index (χ3v) is 2.69. The summed E-state index contributed by atoms with van der Waals surface area (Å²) in [5, 5.41) is 19.7. The van der Waals surface area contributed by atoms with Crippen molar-refractivity contribution < 1.29 is 9.90 Å². The number of aryl methyl sites for hydroxylation is 2. The summed E-state index contributed by atoms with van der Waals surface area (Å²) in [4.78, 5) is 15.2. The fourth-order valence-electron chi connectivity index (χ4n) is 1.34. The topological polar surface area (TPSA) is 88.0 Å². The quantitative estimate of drug-likeness (QED) is 0.802. The SMILES string of the molecule is Cc1nnc(NCC(C(=O)O)C(C)C)nc1C. The zero-order chi connectivity index (χ0) is 13.0. The average molecular weight is 238 g/mol. The highest BCUT2D eigenvalue weighted by Gasteiger charge is 2.21. The van der Waals surface area contributed by atoms with Gasteiger partial charge in [-0.2, -0.15) is 5.10 Å². The smallest absolute Gasteiger partial charge is 0.308 e. The average Bonchev–Trinajstić information content (AvgIpc) is 2.22. The van der Waals surface area contributed by atoms with Gasteiger partial charge >= 0.3 is 5.97 Å². The maximum Gasteiger partial charge on any atom is 0.308 e. The summed E-state index contributed by atoms with van der Waals surface area (Å²) < 4.78 is 0. The second kappa shape index (κ2) is 5.56. The molecule has 1 aromatic heterocycles. The molecule has 1 rings (SSSR count). The Morgan fingerprint density at radius 1 is 1.29 bits per heavy atom. The first-order valence-electron chi connectivity index (χ1n) is 5.56. The molecule has 17 heavy (non-hydrogen) atoms. The van der Waals surface area contributed by atoms with Gasteiger partial charge in [-0.25, -0.2) is 4.98 Å². The van der Waals surface area contributed by atoms with E-state index in [-0.39, 0.29) is 5.92 Å². The van der Waals surface area contributed by atoms with Crippen molar-refractivity contribution >= 4 is 11.9 Å². The minimum Gasteiger partial charge on any atom is -0.481 e. The first kappa shape index (κ1) is 13.3. The van der Waals surface area contributed by atoms with Crippen LogP contribution in [0.5, 0.6) is 0 Å².